The maximum absolute atomic E-state index is 12.7. The van der Waals surface area contributed by atoms with E-state index in [1.54, 1.807) is 12.1 Å². The van der Waals surface area contributed by atoms with Crippen LogP contribution in [0, 0.1) is 17.2 Å². The van der Waals surface area contributed by atoms with E-state index in [4.69, 9.17) is 5.73 Å². The Bertz CT molecular complexity index is 410. The maximum atomic E-state index is 12.7. The number of hydrogen-bond acceptors (Lipinski definition) is 2. The van der Waals surface area contributed by atoms with Gasteiger partial charge in [0.15, 0.2) is 0 Å². The first kappa shape index (κ1) is 12.0. The van der Waals surface area contributed by atoms with Crippen molar-refractivity contribution in [2.75, 3.05) is 11.9 Å². The smallest absolute Gasteiger partial charge is 0.231 e. The molecule has 1 saturated carbocycles. The number of carbonyl (C=O) groups is 1. The molecule has 1 aliphatic carbocycles. The number of carbonyl (C=O) groups excluding carboxylic acids is 1. The molecule has 1 fully saturated rings. The highest BCUT2D eigenvalue weighted by molar-refractivity contribution is 5.96. The topological polar surface area (TPSA) is 55.1 Å². The molecule has 0 saturated heterocycles. The van der Waals surface area contributed by atoms with Crippen molar-refractivity contribution >= 4 is 11.6 Å². The highest BCUT2D eigenvalue weighted by Crippen LogP contribution is 2.45. The van der Waals surface area contributed by atoms with Crippen LogP contribution < -0.4 is 11.1 Å². The molecule has 0 bridgehead atoms. The second kappa shape index (κ2) is 4.45. The van der Waals surface area contributed by atoms with Crippen molar-refractivity contribution in [2.24, 2.45) is 17.1 Å². The molecule has 0 atom stereocenters. The van der Waals surface area contributed by atoms with Crippen molar-refractivity contribution < 1.29 is 9.18 Å². The second-order valence-electron chi connectivity index (χ2n) is 4.96. The van der Waals surface area contributed by atoms with Crippen molar-refractivity contribution in [3.8, 4) is 0 Å². The van der Waals surface area contributed by atoms with E-state index in [0.717, 1.165) is 12.8 Å². The summed E-state index contributed by atoms with van der Waals surface area (Å²) in [7, 11) is 0. The zero-order chi connectivity index (χ0) is 12.5. The van der Waals surface area contributed by atoms with Gasteiger partial charge in [-0.25, -0.2) is 4.39 Å². The minimum atomic E-state index is -0.423. The number of anilines is 1. The lowest BCUT2D eigenvalue weighted by Crippen LogP contribution is -2.51. The summed E-state index contributed by atoms with van der Waals surface area (Å²) in [5, 5.41) is 2.80. The quantitative estimate of drug-likeness (QED) is 0.844. The van der Waals surface area contributed by atoms with Gasteiger partial charge in [0.1, 0.15) is 5.82 Å². The van der Waals surface area contributed by atoms with Crippen LogP contribution in [0.2, 0.25) is 0 Å². The zero-order valence-electron chi connectivity index (χ0n) is 9.87. The summed E-state index contributed by atoms with van der Waals surface area (Å²) >= 11 is 0. The first-order chi connectivity index (χ1) is 8.05. The molecule has 0 heterocycles. The summed E-state index contributed by atoms with van der Waals surface area (Å²) in [6.45, 7) is 2.48. The predicted octanol–water partition coefficient (Wildman–Crippen LogP) is 2.14. The first-order valence-electron chi connectivity index (χ1n) is 5.83. The molecule has 0 radical (unpaired) electrons. The number of hydrogen-bond donors (Lipinski definition) is 2. The number of nitrogens with two attached hydrogens (primary N) is 1. The Morgan fingerprint density at radius 1 is 1.47 bits per heavy atom. The maximum Gasteiger partial charge on any atom is 0.231 e. The molecule has 0 aliphatic heterocycles. The molecule has 0 aromatic heterocycles. The third kappa shape index (κ3) is 2.31. The highest BCUT2D eigenvalue weighted by Gasteiger charge is 2.47. The Hall–Kier alpha value is -1.42. The third-order valence-electron chi connectivity index (χ3n) is 3.45. The Labute approximate surface area is 100 Å². The fourth-order valence-corrected chi connectivity index (χ4v) is 2.52. The lowest BCUT2D eigenvalue weighted by atomic mass is 9.62. The van der Waals surface area contributed by atoms with Crippen LogP contribution in [0.3, 0.4) is 0 Å². The lowest BCUT2D eigenvalue weighted by Gasteiger charge is -2.44. The van der Waals surface area contributed by atoms with Crippen molar-refractivity contribution in [2.45, 2.75) is 19.8 Å². The second-order valence-corrected chi connectivity index (χ2v) is 4.96. The van der Waals surface area contributed by atoms with Gasteiger partial charge in [-0.15, -0.1) is 0 Å². The molecule has 0 unspecified atom stereocenters. The Kier molecular flexibility index (Phi) is 3.15. The van der Waals surface area contributed by atoms with Crippen LogP contribution in [-0.4, -0.2) is 12.5 Å². The zero-order valence-corrected chi connectivity index (χ0v) is 9.87. The third-order valence-corrected chi connectivity index (χ3v) is 3.45. The monoisotopic (exact) mass is 236 g/mol. The Balaban J connectivity index is 2.04. The number of amides is 1. The first-order valence-corrected chi connectivity index (χ1v) is 5.83. The van der Waals surface area contributed by atoms with Gasteiger partial charge in [-0.1, -0.05) is 6.92 Å². The SMILES string of the molecule is CC1CC(CN)(C(=O)Nc2ccc(F)cc2)C1. The fourth-order valence-electron chi connectivity index (χ4n) is 2.52. The van der Waals surface area contributed by atoms with Gasteiger partial charge in [-0.2, -0.15) is 0 Å². The number of nitrogens with one attached hydrogen (secondary N) is 1. The Morgan fingerprint density at radius 2 is 2.06 bits per heavy atom. The van der Waals surface area contributed by atoms with Gasteiger partial charge in [0, 0.05) is 12.2 Å². The van der Waals surface area contributed by atoms with Crippen LogP contribution in [-0.2, 0) is 4.79 Å². The summed E-state index contributed by atoms with van der Waals surface area (Å²) in [6.07, 6.45) is 1.66. The summed E-state index contributed by atoms with van der Waals surface area (Å²) in [4.78, 5) is 12.1. The van der Waals surface area contributed by atoms with E-state index in [2.05, 4.69) is 12.2 Å². The van der Waals surface area contributed by atoms with Crippen molar-refractivity contribution in [1.82, 2.24) is 0 Å². The van der Waals surface area contributed by atoms with Crippen LogP contribution in [0.25, 0.3) is 0 Å². The molecule has 1 amide bonds. The van der Waals surface area contributed by atoms with Crippen LogP contribution >= 0.6 is 0 Å². The minimum absolute atomic E-state index is 0.0512. The summed E-state index contributed by atoms with van der Waals surface area (Å²) in [5.74, 6) is 0.191. The average molecular weight is 236 g/mol. The van der Waals surface area contributed by atoms with Crippen LogP contribution in [0.4, 0.5) is 10.1 Å². The number of rotatable bonds is 3. The van der Waals surface area contributed by atoms with Gasteiger partial charge < -0.3 is 11.1 Å². The van der Waals surface area contributed by atoms with E-state index in [1.165, 1.54) is 12.1 Å². The molecule has 1 aliphatic rings. The normalized spacial score (nSPS) is 27.4. The summed E-state index contributed by atoms with van der Waals surface area (Å²) in [5.41, 5.74) is 5.88. The van der Waals surface area contributed by atoms with Crippen molar-refractivity contribution in [3.63, 3.8) is 0 Å². The molecule has 0 spiro atoms. The van der Waals surface area contributed by atoms with Crippen LogP contribution in [0.1, 0.15) is 19.8 Å². The van der Waals surface area contributed by atoms with Crippen molar-refractivity contribution in [3.05, 3.63) is 30.1 Å². The van der Waals surface area contributed by atoms with E-state index in [9.17, 15) is 9.18 Å². The van der Waals surface area contributed by atoms with E-state index < -0.39 is 5.41 Å². The fraction of sp³-hybridized carbons (Fsp3) is 0.462. The standard InChI is InChI=1S/C13H17FN2O/c1-9-6-13(7-9,8-15)12(17)16-11-4-2-10(14)3-5-11/h2-5,9H,6-8,15H2,1H3,(H,16,17). The summed E-state index contributed by atoms with van der Waals surface area (Å²) < 4.78 is 12.7. The molecule has 2 rings (SSSR count). The van der Waals surface area contributed by atoms with Gasteiger partial charge in [-0.3, -0.25) is 4.79 Å². The largest absolute Gasteiger partial charge is 0.329 e. The van der Waals surface area contributed by atoms with Gasteiger partial charge in [-0.05, 0) is 43.0 Å². The van der Waals surface area contributed by atoms with Gasteiger partial charge in [0.2, 0.25) is 5.91 Å². The average Bonchev–Trinajstić information content (AvgIpc) is 2.27. The molecular weight excluding hydrogens is 219 g/mol. The Morgan fingerprint density at radius 3 is 2.53 bits per heavy atom. The molecule has 92 valence electrons. The number of halogens is 1. The summed E-state index contributed by atoms with van der Waals surface area (Å²) in [6, 6.07) is 5.77. The molecule has 4 heteroatoms. The van der Waals surface area contributed by atoms with Crippen LogP contribution in [0.15, 0.2) is 24.3 Å². The highest BCUT2D eigenvalue weighted by atomic mass is 19.1. The molecule has 3 nitrogen and oxygen atoms in total. The molecule has 1 aromatic rings. The van der Waals surface area contributed by atoms with Crippen LogP contribution in [0.5, 0.6) is 0 Å². The minimum Gasteiger partial charge on any atom is -0.329 e. The van der Waals surface area contributed by atoms with Crippen molar-refractivity contribution in [1.29, 1.82) is 0 Å². The van der Waals surface area contributed by atoms with Gasteiger partial charge in [0.25, 0.3) is 0 Å². The van der Waals surface area contributed by atoms with Gasteiger partial charge >= 0.3 is 0 Å². The van der Waals surface area contributed by atoms with E-state index in [0.29, 0.717) is 18.2 Å². The molecule has 17 heavy (non-hydrogen) atoms. The van der Waals surface area contributed by atoms with E-state index >= 15 is 0 Å². The lowest BCUT2D eigenvalue weighted by molar-refractivity contribution is -0.132. The van der Waals surface area contributed by atoms with E-state index in [1.807, 2.05) is 0 Å². The van der Waals surface area contributed by atoms with E-state index in [-0.39, 0.29) is 11.7 Å². The van der Waals surface area contributed by atoms with Gasteiger partial charge in [0.05, 0.1) is 5.41 Å². The number of benzene rings is 1. The predicted molar refractivity (Wildman–Crippen MR) is 64.9 cm³/mol. The molecular formula is C13H17FN2O. The molecule has 3 N–H and O–H groups in total. The molecule has 1 aromatic carbocycles.